The third-order valence-corrected chi connectivity index (χ3v) is 5.06. The Labute approximate surface area is 124 Å². The highest BCUT2D eigenvalue weighted by Crippen LogP contribution is 2.44. The SMILES string of the molecule is CCCC(CNCCOC)CC1CCC2(CCCC2)O1. The van der Waals surface area contributed by atoms with E-state index < -0.39 is 0 Å². The van der Waals surface area contributed by atoms with Crippen molar-refractivity contribution in [3.63, 3.8) is 0 Å². The Bertz CT molecular complexity index is 264. The summed E-state index contributed by atoms with van der Waals surface area (Å²) >= 11 is 0. The van der Waals surface area contributed by atoms with Gasteiger partial charge in [0.2, 0.25) is 0 Å². The molecule has 0 amide bonds. The summed E-state index contributed by atoms with van der Waals surface area (Å²) in [7, 11) is 1.76. The maximum absolute atomic E-state index is 6.46. The van der Waals surface area contributed by atoms with Gasteiger partial charge in [-0.2, -0.15) is 0 Å². The first-order valence-electron chi connectivity index (χ1n) is 8.65. The molecule has 1 heterocycles. The maximum atomic E-state index is 6.46. The molecule has 1 aliphatic heterocycles. The second-order valence-electron chi connectivity index (χ2n) is 6.76. The van der Waals surface area contributed by atoms with Gasteiger partial charge in [0.1, 0.15) is 0 Å². The third-order valence-electron chi connectivity index (χ3n) is 5.06. The lowest BCUT2D eigenvalue weighted by Crippen LogP contribution is -2.30. The number of nitrogens with one attached hydrogen (secondary N) is 1. The first kappa shape index (κ1) is 16.3. The van der Waals surface area contributed by atoms with E-state index in [1.165, 1.54) is 57.8 Å². The van der Waals surface area contributed by atoms with Crippen molar-refractivity contribution >= 4 is 0 Å². The highest BCUT2D eigenvalue weighted by Gasteiger charge is 2.42. The third kappa shape index (κ3) is 4.71. The van der Waals surface area contributed by atoms with Crippen LogP contribution in [0.25, 0.3) is 0 Å². The van der Waals surface area contributed by atoms with Gasteiger partial charge < -0.3 is 14.8 Å². The van der Waals surface area contributed by atoms with Crippen LogP contribution in [0, 0.1) is 5.92 Å². The molecule has 20 heavy (non-hydrogen) atoms. The predicted octanol–water partition coefficient (Wildman–Crippen LogP) is 3.52. The molecular formula is C17H33NO2. The number of rotatable bonds is 9. The summed E-state index contributed by atoms with van der Waals surface area (Å²) < 4.78 is 11.6. The van der Waals surface area contributed by atoms with Crippen molar-refractivity contribution < 1.29 is 9.47 Å². The molecule has 1 spiro atoms. The maximum Gasteiger partial charge on any atom is 0.0687 e. The van der Waals surface area contributed by atoms with Crippen LogP contribution in [0.5, 0.6) is 0 Å². The average Bonchev–Trinajstić information content (AvgIpc) is 3.06. The summed E-state index contributed by atoms with van der Waals surface area (Å²) in [6.45, 7) is 5.17. The second-order valence-corrected chi connectivity index (χ2v) is 6.76. The van der Waals surface area contributed by atoms with Crippen LogP contribution in [0.3, 0.4) is 0 Å². The molecule has 1 N–H and O–H groups in total. The molecule has 2 unspecified atom stereocenters. The average molecular weight is 283 g/mol. The van der Waals surface area contributed by atoms with Crippen molar-refractivity contribution in [2.75, 3.05) is 26.8 Å². The normalized spacial score (nSPS) is 26.4. The van der Waals surface area contributed by atoms with Crippen LogP contribution in [-0.2, 0) is 9.47 Å². The fourth-order valence-corrected chi connectivity index (χ4v) is 4.01. The molecule has 1 saturated carbocycles. The van der Waals surface area contributed by atoms with Gasteiger partial charge in [0.05, 0.1) is 18.3 Å². The van der Waals surface area contributed by atoms with Gasteiger partial charge in [-0.05, 0) is 51.0 Å². The van der Waals surface area contributed by atoms with E-state index in [-0.39, 0.29) is 0 Å². The zero-order chi connectivity index (χ0) is 14.3. The molecule has 0 aromatic rings. The standard InChI is InChI=1S/C17H33NO2/c1-3-6-15(14-18-11-12-19-2)13-16-7-10-17(20-16)8-4-5-9-17/h15-16,18H,3-14H2,1-2H3. The van der Waals surface area contributed by atoms with Gasteiger partial charge in [-0.3, -0.25) is 0 Å². The summed E-state index contributed by atoms with van der Waals surface area (Å²) in [6, 6.07) is 0. The molecule has 2 atom stereocenters. The Morgan fingerprint density at radius 3 is 2.80 bits per heavy atom. The Morgan fingerprint density at radius 2 is 2.10 bits per heavy atom. The van der Waals surface area contributed by atoms with Crippen LogP contribution in [-0.4, -0.2) is 38.5 Å². The molecule has 118 valence electrons. The number of hydrogen-bond donors (Lipinski definition) is 1. The van der Waals surface area contributed by atoms with Gasteiger partial charge in [-0.15, -0.1) is 0 Å². The van der Waals surface area contributed by atoms with Gasteiger partial charge in [0.15, 0.2) is 0 Å². The minimum atomic E-state index is 0.297. The van der Waals surface area contributed by atoms with Crippen LogP contribution in [0.1, 0.15) is 64.7 Å². The van der Waals surface area contributed by atoms with Crippen molar-refractivity contribution in [2.24, 2.45) is 5.92 Å². The minimum Gasteiger partial charge on any atom is -0.383 e. The van der Waals surface area contributed by atoms with Crippen LogP contribution >= 0.6 is 0 Å². The van der Waals surface area contributed by atoms with E-state index in [9.17, 15) is 0 Å². The monoisotopic (exact) mass is 283 g/mol. The van der Waals surface area contributed by atoms with Crippen molar-refractivity contribution in [1.29, 1.82) is 0 Å². The molecule has 0 bridgehead atoms. The van der Waals surface area contributed by atoms with E-state index in [4.69, 9.17) is 9.47 Å². The summed E-state index contributed by atoms with van der Waals surface area (Å²) in [5.74, 6) is 0.762. The molecule has 0 aromatic carbocycles. The molecule has 2 rings (SSSR count). The largest absolute Gasteiger partial charge is 0.383 e. The Morgan fingerprint density at radius 1 is 1.30 bits per heavy atom. The zero-order valence-electron chi connectivity index (χ0n) is 13.5. The number of hydrogen-bond acceptors (Lipinski definition) is 3. The molecule has 1 saturated heterocycles. The van der Waals surface area contributed by atoms with Crippen LogP contribution in [0.15, 0.2) is 0 Å². The van der Waals surface area contributed by atoms with Crippen molar-refractivity contribution in [3.8, 4) is 0 Å². The van der Waals surface area contributed by atoms with E-state index in [1.807, 2.05) is 0 Å². The lowest BCUT2D eigenvalue weighted by Gasteiger charge is -2.26. The van der Waals surface area contributed by atoms with Gasteiger partial charge in [0.25, 0.3) is 0 Å². The first-order chi connectivity index (χ1) is 9.78. The Hall–Kier alpha value is -0.120. The highest BCUT2D eigenvalue weighted by molar-refractivity contribution is 4.93. The number of methoxy groups -OCH3 is 1. The summed E-state index contributed by atoms with van der Waals surface area (Å²) in [6.07, 6.45) is 12.3. The van der Waals surface area contributed by atoms with Gasteiger partial charge in [0, 0.05) is 13.7 Å². The molecule has 3 nitrogen and oxygen atoms in total. The molecule has 2 aliphatic rings. The molecule has 3 heteroatoms. The fourth-order valence-electron chi connectivity index (χ4n) is 4.01. The Kier molecular flexibility index (Phi) is 6.79. The summed E-state index contributed by atoms with van der Waals surface area (Å²) in [5, 5.41) is 3.53. The summed E-state index contributed by atoms with van der Waals surface area (Å²) in [4.78, 5) is 0. The number of ether oxygens (including phenoxy) is 2. The molecule has 0 radical (unpaired) electrons. The van der Waals surface area contributed by atoms with Crippen LogP contribution < -0.4 is 5.32 Å². The fraction of sp³-hybridized carbons (Fsp3) is 1.00. The molecule has 0 aromatic heterocycles. The van der Waals surface area contributed by atoms with E-state index in [0.717, 1.165) is 25.6 Å². The van der Waals surface area contributed by atoms with Crippen LogP contribution in [0.4, 0.5) is 0 Å². The van der Waals surface area contributed by atoms with Gasteiger partial charge in [-0.25, -0.2) is 0 Å². The highest BCUT2D eigenvalue weighted by atomic mass is 16.5. The molecule has 1 aliphatic carbocycles. The van der Waals surface area contributed by atoms with E-state index in [0.29, 0.717) is 11.7 Å². The van der Waals surface area contributed by atoms with Gasteiger partial charge >= 0.3 is 0 Å². The van der Waals surface area contributed by atoms with Crippen molar-refractivity contribution in [3.05, 3.63) is 0 Å². The van der Waals surface area contributed by atoms with Crippen molar-refractivity contribution in [2.45, 2.75) is 76.4 Å². The Balaban J connectivity index is 1.70. The van der Waals surface area contributed by atoms with Crippen LogP contribution in [0.2, 0.25) is 0 Å². The summed E-state index contributed by atoms with van der Waals surface area (Å²) in [5.41, 5.74) is 0.297. The van der Waals surface area contributed by atoms with Gasteiger partial charge in [-0.1, -0.05) is 26.2 Å². The quantitative estimate of drug-likeness (QED) is 0.657. The van der Waals surface area contributed by atoms with E-state index >= 15 is 0 Å². The molecular weight excluding hydrogens is 250 g/mol. The smallest absolute Gasteiger partial charge is 0.0687 e. The predicted molar refractivity (Wildman–Crippen MR) is 83.1 cm³/mol. The zero-order valence-corrected chi connectivity index (χ0v) is 13.5. The molecule has 2 fully saturated rings. The minimum absolute atomic E-state index is 0.297. The second kappa shape index (κ2) is 8.35. The lowest BCUT2D eigenvalue weighted by atomic mass is 9.94. The topological polar surface area (TPSA) is 30.5 Å². The van der Waals surface area contributed by atoms with E-state index in [1.54, 1.807) is 7.11 Å². The van der Waals surface area contributed by atoms with E-state index in [2.05, 4.69) is 12.2 Å². The van der Waals surface area contributed by atoms with Crippen molar-refractivity contribution in [1.82, 2.24) is 5.32 Å². The lowest BCUT2D eigenvalue weighted by molar-refractivity contribution is -0.0445. The first-order valence-corrected chi connectivity index (χ1v) is 8.65.